The van der Waals surface area contributed by atoms with E-state index in [2.05, 4.69) is 166 Å². The van der Waals surface area contributed by atoms with Gasteiger partial charge >= 0.3 is 83.5 Å². The molecule has 0 atom stereocenters. The van der Waals surface area contributed by atoms with Crippen molar-refractivity contribution < 1.29 is 160 Å². The van der Waals surface area contributed by atoms with E-state index in [4.69, 9.17) is 35.4 Å². The van der Waals surface area contributed by atoms with Crippen LogP contribution in [0.5, 0.6) is 0 Å². The molecule has 756 valence electrons. The summed E-state index contributed by atoms with van der Waals surface area (Å²) in [5.41, 5.74) is 57.7. The fraction of sp³-hybridized carbons (Fsp3) is 0.516. The Labute approximate surface area is 925 Å². The molecule has 0 aliphatic carbocycles. The normalized spacial score (nSPS) is 13.4. The number of rotatable bonds is 8. The Balaban J connectivity index is 0. The average Bonchev–Trinajstić information content (AvgIpc) is 0.928. The Hall–Kier alpha value is -5.53. The summed E-state index contributed by atoms with van der Waals surface area (Å²) in [6.07, 6.45) is 10.2. The van der Waals surface area contributed by atoms with E-state index in [1.807, 2.05) is 111 Å². The summed E-state index contributed by atoms with van der Waals surface area (Å²) in [5.74, 6) is 0. The second kappa shape index (κ2) is 70.3. The van der Waals surface area contributed by atoms with E-state index < -0.39 is 72.5 Å². The molecule has 0 aromatic heterocycles. The van der Waals surface area contributed by atoms with E-state index in [1.54, 1.807) is 0 Å². The zero-order valence-electron chi connectivity index (χ0n) is 105. The minimum Gasteiger partial charge on any atom is -0.851 e. The van der Waals surface area contributed by atoms with Crippen molar-refractivity contribution in [3.05, 3.63) is 340 Å². The largest absolute Gasteiger partial charge is 4.00 e. The van der Waals surface area contributed by atoms with Crippen LogP contribution in [0.1, 0.15) is 335 Å². The van der Waals surface area contributed by atoms with E-state index in [1.165, 1.54) is 274 Å². The quantitative estimate of drug-likeness (QED) is 0.139. The fourth-order valence-electron chi connectivity index (χ4n) is 16.8. The Morgan fingerprint density at radius 1 is 0.138 bits per heavy atom. The number of ether oxygens (including phenoxy) is 4. The van der Waals surface area contributed by atoms with Gasteiger partial charge in [0.2, 0.25) is 0 Å². The van der Waals surface area contributed by atoms with Crippen LogP contribution in [0.3, 0.4) is 0 Å². The topological polar surface area (TPSA) is 221 Å². The Morgan fingerprint density at radius 2 is 0.196 bits per heavy atom. The van der Waals surface area contributed by atoms with Crippen molar-refractivity contribution >= 4 is 0 Å². The van der Waals surface area contributed by atoms with Crippen LogP contribution >= 0.6 is 0 Å². The van der Waals surface area contributed by atoms with Gasteiger partial charge in [0.05, 0.1) is 16.4 Å². The molecule has 4 saturated heterocycles. The summed E-state index contributed by atoms with van der Waals surface area (Å²) in [5, 5.41) is 87.9. The zero-order valence-corrected chi connectivity index (χ0v) is 99.1. The first kappa shape index (κ1) is 113. The zero-order chi connectivity index (χ0) is 114. The number of hydrogen-bond acceptors (Lipinski definition) is 12. The minimum atomic E-state index is -0.457. The Kier molecular flexibility index (Phi) is 57.4. The molecule has 138 heavy (non-hydrogen) atoms. The van der Waals surface area contributed by atoms with Gasteiger partial charge in [-0.3, -0.25) is 0 Å². The van der Waals surface area contributed by atoms with E-state index in [-0.39, 0.29) is 136 Å². The van der Waals surface area contributed by atoms with Gasteiger partial charge < -0.3 is 59.8 Å². The third kappa shape index (κ3) is 39.8. The maximum absolute atomic E-state index is 11.0. The summed E-state index contributed by atoms with van der Waals surface area (Å²) in [7, 11) is 0. The molecule has 0 bridgehead atoms. The van der Waals surface area contributed by atoms with Gasteiger partial charge in [-0.2, -0.15) is 0 Å². The van der Waals surface area contributed by atoms with Gasteiger partial charge in [-0.05, 0) is 551 Å². The third-order valence-corrected chi connectivity index (χ3v) is 30.5. The van der Waals surface area contributed by atoms with Gasteiger partial charge in [0.15, 0.2) is 0 Å². The maximum atomic E-state index is 11.0. The summed E-state index contributed by atoms with van der Waals surface area (Å²) < 4.78 is 105. The molecule has 0 amide bonds. The van der Waals surface area contributed by atoms with Crippen LogP contribution < -0.4 is 40.9 Å². The van der Waals surface area contributed by atoms with Gasteiger partial charge in [-0.1, -0.05) is 117 Å². The Morgan fingerprint density at radius 3 is 0.239 bits per heavy atom. The molecule has 12 nitrogen and oxygen atoms in total. The van der Waals surface area contributed by atoms with Crippen LogP contribution in [0.2, 0.25) is 0 Å². The van der Waals surface area contributed by atoms with Crippen LogP contribution in [0.4, 0.5) is 0 Å². The van der Waals surface area contributed by atoms with Crippen molar-refractivity contribution in [1.82, 2.24) is 0 Å². The maximum Gasteiger partial charge on any atom is 4.00 e. The number of benzene rings is 10. The molecule has 0 spiro atoms. The van der Waals surface area contributed by atoms with E-state index >= 15 is 0 Å². The second-order valence-corrected chi connectivity index (χ2v) is 36.8. The molecular weight excluding hydrogens is 1960 g/mol. The molecule has 4 aliphatic rings. The van der Waals surface area contributed by atoms with Crippen LogP contribution in [0.25, 0.3) is 0 Å². The van der Waals surface area contributed by atoms with Crippen molar-refractivity contribution in [2.45, 2.75) is 381 Å². The third-order valence-electron chi connectivity index (χ3n) is 30.5. The van der Waals surface area contributed by atoms with Gasteiger partial charge in [0, 0.05) is 52.9 Å². The molecule has 0 unspecified atom stereocenters. The molecule has 14 rings (SSSR count). The van der Waals surface area contributed by atoms with Crippen LogP contribution in [0.15, 0.2) is 72.5 Å². The van der Waals surface area contributed by atoms with Crippen LogP contribution in [-0.4, -0.2) is 52.9 Å². The Bertz CT molecular complexity index is 4690. The molecule has 0 N–H and O–H groups in total. The first-order valence-corrected chi connectivity index (χ1v) is 48.4. The van der Waals surface area contributed by atoms with E-state index in [0.29, 0.717) is 0 Å². The SMILES string of the molecule is C1CCOC1.C1CCOC1.C1CCOC1.C1CCOC1.Cc1c(C)c(C)c(C[O-])c(C)c1C.Cc1c(C)c(C)c(C[O-])c(C)c1C.Cc1c(C)c(C)c(C[O-])c(C)c1C.Cc1c(C)c(C)c(C[O-])c(C)c1C.Cc1c(C)c(C)c(C[O-])c(C)c1C.Cc1c(C)c(C)c(C[O-])c(C)c1C.Cc1c(C)c(C)c(C[O-])c(C)c1C.Cc1c(C)c(C)c(C[O-])c(C)c1C.[2H]c1c([2H])c([2H])c([2H])c([2H])c1[2H].[2H]c1c([2H])c([2H])c([2H])c([2H])c1[2H].[Ce+4].[Ce+4]. The van der Waals surface area contributed by atoms with Crippen LogP contribution in [-0.2, 0) is 71.8 Å². The molecular formula is C124H180Ce2O12. The van der Waals surface area contributed by atoms with E-state index in [0.717, 1.165) is 97.4 Å². The minimum absolute atomic E-state index is 0. The molecule has 4 aliphatic heterocycles. The van der Waals surface area contributed by atoms with Crippen molar-refractivity contribution in [1.29, 1.82) is 0 Å². The van der Waals surface area contributed by atoms with Crippen LogP contribution in [0, 0.1) is 360 Å². The smallest absolute Gasteiger partial charge is 0.851 e. The van der Waals surface area contributed by atoms with Gasteiger partial charge in [-0.25, -0.2) is 0 Å². The molecule has 14 heteroatoms. The predicted octanol–water partition coefficient (Wildman–Crippen LogP) is 23.3. The van der Waals surface area contributed by atoms with Gasteiger partial charge in [0.1, 0.15) is 0 Å². The molecule has 10 aromatic rings. The van der Waals surface area contributed by atoms with Crippen molar-refractivity contribution in [2.24, 2.45) is 0 Å². The summed E-state index contributed by atoms with van der Waals surface area (Å²) in [6, 6.07) is -5.49. The predicted molar refractivity (Wildman–Crippen MR) is 564 cm³/mol. The van der Waals surface area contributed by atoms with E-state index in [9.17, 15) is 40.9 Å². The van der Waals surface area contributed by atoms with Crippen molar-refractivity contribution in [3.63, 3.8) is 0 Å². The molecule has 0 radical (unpaired) electrons. The first-order chi connectivity index (χ1) is 68.9. The summed E-state index contributed by atoms with van der Waals surface area (Å²) >= 11 is 0. The van der Waals surface area contributed by atoms with Crippen molar-refractivity contribution in [3.8, 4) is 0 Å². The van der Waals surface area contributed by atoms with Crippen molar-refractivity contribution in [2.75, 3.05) is 52.9 Å². The molecule has 0 saturated carbocycles. The number of hydrogen-bond donors (Lipinski definition) is 0. The molecule has 10 aromatic carbocycles. The first-order valence-electron chi connectivity index (χ1n) is 54.4. The second-order valence-electron chi connectivity index (χ2n) is 36.8. The monoisotopic (exact) mass is 2150 g/mol. The molecule has 4 fully saturated rings. The summed E-state index contributed by atoms with van der Waals surface area (Å²) in [6.45, 7) is 90.4. The fourth-order valence-corrected chi connectivity index (χ4v) is 16.8. The molecule has 4 heterocycles. The van der Waals surface area contributed by atoms with Gasteiger partial charge in [-0.15, -0.1) is 52.9 Å². The summed E-state index contributed by atoms with van der Waals surface area (Å²) in [4.78, 5) is 0. The van der Waals surface area contributed by atoms with Gasteiger partial charge in [0.25, 0.3) is 0 Å². The average molecular weight is 2160 g/mol. The standard InChI is InChI=1S/8C12H17O.2C6H6.4C4H8O.2Ce/c8*1-7-8(2)10(4)12(6-13)11(5)9(7)3;2*1-2-4-6-5-3-1;4*1-2-4-5-3-1;;/h8*6H2,1-5H3;2*1-6H;4*1-4H2;;/q8*-1;;;;;;;2*+4/i;;;;;;;;2*1D,2D,3D,4D,5D,6D;;;;;;.